The van der Waals surface area contributed by atoms with E-state index in [0.29, 0.717) is 0 Å². The number of thiocarbonyl (C=S) groups is 1. The van der Waals surface area contributed by atoms with Crippen LogP contribution in [-0.2, 0) is 0 Å². The van der Waals surface area contributed by atoms with Crippen LogP contribution in [0.2, 0.25) is 0 Å². The lowest BCUT2D eigenvalue weighted by molar-refractivity contribution is 0.846. The van der Waals surface area contributed by atoms with Gasteiger partial charge >= 0.3 is 0 Å². The van der Waals surface area contributed by atoms with Gasteiger partial charge in [0.15, 0.2) is 0 Å². The predicted octanol–water partition coefficient (Wildman–Crippen LogP) is 4.12. The minimum Gasteiger partial charge on any atom is -0.127 e. The van der Waals surface area contributed by atoms with Gasteiger partial charge in [-0.3, -0.25) is 0 Å². The fourth-order valence-electron chi connectivity index (χ4n) is 1.26. The maximum atomic E-state index is 5.61. The van der Waals surface area contributed by atoms with Crippen molar-refractivity contribution in [3.63, 3.8) is 0 Å². The minimum atomic E-state index is 0.733. The van der Waals surface area contributed by atoms with Gasteiger partial charge in [-0.25, -0.2) is 0 Å². The molecule has 0 spiro atoms. The molecular weight excluding hydrogens is 212 g/mol. The maximum Gasteiger partial charge on any atom is 0.0224 e. The van der Waals surface area contributed by atoms with Gasteiger partial charge < -0.3 is 0 Å². The molecule has 0 N–H and O–H groups in total. The summed E-state index contributed by atoms with van der Waals surface area (Å²) in [5.41, 5.74) is 2.46. The summed E-state index contributed by atoms with van der Waals surface area (Å²) in [6.07, 6.45) is 3.12. The highest BCUT2D eigenvalue weighted by atomic mass is 35.5. The molecule has 0 aliphatic heterocycles. The monoisotopic (exact) mass is 226 g/mol. The molecular formula is C12H15ClS. The highest BCUT2D eigenvalue weighted by molar-refractivity contribution is 7.80. The summed E-state index contributed by atoms with van der Waals surface area (Å²) in [6, 6.07) is 8.39. The second-order valence-electron chi connectivity index (χ2n) is 3.44. The van der Waals surface area contributed by atoms with Gasteiger partial charge in [0.25, 0.3) is 0 Å². The van der Waals surface area contributed by atoms with Crippen molar-refractivity contribution < 1.29 is 0 Å². The molecule has 0 amide bonds. The smallest absolute Gasteiger partial charge is 0.0224 e. The van der Waals surface area contributed by atoms with Crippen LogP contribution < -0.4 is 0 Å². The molecule has 76 valence electrons. The molecule has 1 aromatic rings. The molecule has 0 fully saturated rings. The minimum absolute atomic E-state index is 0.733. The molecule has 0 nitrogen and oxygen atoms in total. The van der Waals surface area contributed by atoms with Crippen molar-refractivity contribution in [3.8, 4) is 0 Å². The number of aryl methyl sites for hydroxylation is 1. The Balaban J connectivity index is 2.48. The highest BCUT2D eigenvalue weighted by Gasteiger charge is 2.00. The van der Waals surface area contributed by atoms with E-state index in [1.807, 2.05) is 0 Å². The van der Waals surface area contributed by atoms with Gasteiger partial charge in [-0.15, -0.1) is 11.6 Å². The molecule has 0 bridgehead atoms. The number of hydrogen-bond acceptors (Lipinski definition) is 1. The van der Waals surface area contributed by atoms with Gasteiger partial charge in [0.2, 0.25) is 0 Å². The second kappa shape index (κ2) is 6.15. The summed E-state index contributed by atoms with van der Waals surface area (Å²) in [4.78, 5) is 1.05. The zero-order valence-electron chi connectivity index (χ0n) is 8.42. The Morgan fingerprint density at radius 1 is 1.21 bits per heavy atom. The topological polar surface area (TPSA) is 0 Å². The first-order valence-corrected chi connectivity index (χ1v) is 5.84. The number of unbranched alkanes of at least 4 members (excludes halogenated alkanes) is 1. The summed E-state index contributed by atoms with van der Waals surface area (Å²) in [7, 11) is 0. The molecule has 1 aromatic carbocycles. The van der Waals surface area contributed by atoms with Crippen molar-refractivity contribution in [3.05, 3.63) is 35.4 Å². The molecule has 0 aliphatic carbocycles. The van der Waals surface area contributed by atoms with Gasteiger partial charge in [0.1, 0.15) is 0 Å². The Hall–Kier alpha value is -0.400. The van der Waals surface area contributed by atoms with Crippen LogP contribution in [0.4, 0.5) is 0 Å². The third kappa shape index (κ3) is 3.77. The quantitative estimate of drug-likeness (QED) is 0.315. The number of halogens is 1. The van der Waals surface area contributed by atoms with E-state index < -0.39 is 0 Å². The summed E-state index contributed by atoms with van der Waals surface area (Å²) in [5, 5.41) is 0. The third-order valence-electron chi connectivity index (χ3n) is 2.16. The first-order valence-electron chi connectivity index (χ1n) is 4.90. The Labute approximate surface area is 96.3 Å². The Morgan fingerprint density at radius 3 is 2.43 bits per heavy atom. The fraction of sp³-hybridized carbons (Fsp3) is 0.417. The molecule has 0 atom stereocenters. The van der Waals surface area contributed by atoms with Crippen molar-refractivity contribution in [2.45, 2.75) is 26.2 Å². The van der Waals surface area contributed by atoms with Crippen LogP contribution >= 0.6 is 23.8 Å². The van der Waals surface area contributed by atoms with Gasteiger partial charge in [0.05, 0.1) is 0 Å². The van der Waals surface area contributed by atoms with E-state index in [1.165, 1.54) is 11.1 Å². The summed E-state index contributed by atoms with van der Waals surface area (Å²) < 4.78 is 0. The lowest BCUT2D eigenvalue weighted by Crippen LogP contribution is -1.97. The lowest BCUT2D eigenvalue weighted by Gasteiger charge is -2.03. The molecule has 0 saturated carbocycles. The summed E-state index contributed by atoms with van der Waals surface area (Å²) in [5.74, 6) is 0.733. The van der Waals surface area contributed by atoms with E-state index in [1.54, 1.807) is 0 Å². The summed E-state index contributed by atoms with van der Waals surface area (Å²) >= 11 is 10.9. The fourth-order valence-corrected chi connectivity index (χ4v) is 1.73. The second-order valence-corrected chi connectivity index (χ2v) is 4.31. The molecule has 0 unspecified atom stereocenters. The van der Waals surface area contributed by atoms with Crippen molar-refractivity contribution in [1.82, 2.24) is 0 Å². The van der Waals surface area contributed by atoms with E-state index in [9.17, 15) is 0 Å². The standard InChI is InChI=1S/C12H15ClS/c1-10-5-7-11(8-6-10)12(14)4-2-3-9-13/h5-8H,2-4,9H2,1H3. The molecule has 0 radical (unpaired) electrons. The molecule has 0 aromatic heterocycles. The first kappa shape index (κ1) is 11.7. The number of alkyl halides is 1. The molecule has 0 aliphatic rings. The van der Waals surface area contributed by atoms with Crippen LogP contribution in [0.5, 0.6) is 0 Å². The average molecular weight is 227 g/mol. The van der Waals surface area contributed by atoms with Crippen molar-refractivity contribution in [2.75, 3.05) is 5.88 Å². The van der Waals surface area contributed by atoms with Gasteiger partial charge in [-0.1, -0.05) is 42.0 Å². The zero-order chi connectivity index (χ0) is 10.4. The molecule has 1 rings (SSSR count). The van der Waals surface area contributed by atoms with Crippen LogP contribution in [0.25, 0.3) is 0 Å². The van der Waals surface area contributed by atoms with Crippen LogP contribution in [0.15, 0.2) is 24.3 Å². The largest absolute Gasteiger partial charge is 0.127 e. The maximum absolute atomic E-state index is 5.61. The van der Waals surface area contributed by atoms with Crippen LogP contribution in [0, 0.1) is 6.92 Å². The van der Waals surface area contributed by atoms with Crippen molar-refractivity contribution in [2.24, 2.45) is 0 Å². The van der Waals surface area contributed by atoms with Crippen molar-refractivity contribution >= 4 is 28.7 Å². The molecule has 0 saturated heterocycles. The average Bonchev–Trinajstić information content (AvgIpc) is 2.19. The van der Waals surface area contributed by atoms with Crippen LogP contribution in [0.3, 0.4) is 0 Å². The highest BCUT2D eigenvalue weighted by Crippen LogP contribution is 2.10. The zero-order valence-corrected chi connectivity index (χ0v) is 10.00. The number of hydrogen-bond donors (Lipinski definition) is 0. The van der Waals surface area contributed by atoms with Crippen LogP contribution in [-0.4, -0.2) is 10.7 Å². The molecule has 2 heteroatoms. The van der Waals surface area contributed by atoms with Gasteiger partial charge in [-0.2, -0.15) is 0 Å². The molecule has 14 heavy (non-hydrogen) atoms. The summed E-state index contributed by atoms with van der Waals surface area (Å²) in [6.45, 7) is 2.08. The normalized spacial score (nSPS) is 10.1. The van der Waals surface area contributed by atoms with E-state index in [4.69, 9.17) is 23.8 Å². The molecule has 0 heterocycles. The van der Waals surface area contributed by atoms with E-state index in [0.717, 1.165) is 30.0 Å². The lowest BCUT2D eigenvalue weighted by atomic mass is 10.1. The Kier molecular flexibility index (Phi) is 5.13. The SMILES string of the molecule is Cc1ccc(C(=S)CCCCCl)cc1. The van der Waals surface area contributed by atoms with E-state index in [2.05, 4.69) is 31.2 Å². The number of benzene rings is 1. The Bertz CT molecular complexity index is 290. The number of rotatable bonds is 5. The van der Waals surface area contributed by atoms with Crippen molar-refractivity contribution in [1.29, 1.82) is 0 Å². The first-order chi connectivity index (χ1) is 6.74. The van der Waals surface area contributed by atoms with E-state index in [-0.39, 0.29) is 0 Å². The van der Waals surface area contributed by atoms with Gasteiger partial charge in [0, 0.05) is 10.7 Å². The van der Waals surface area contributed by atoms with Gasteiger partial charge in [-0.05, 0) is 31.7 Å². The predicted molar refractivity (Wildman–Crippen MR) is 67.5 cm³/mol. The van der Waals surface area contributed by atoms with E-state index >= 15 is 0 Å². The third-order valence-corrected chi connectivity index (χ3v) is 2.87. The van der Waals surface area contributed by atoms with Crippen LogP contribution in [0.1, 0.15) is 30.4 Å². The Morgan fingerprint density at radius 2 is 1.86 bits per heavy atom.